The summed E-state index contributed by atoms with van der Waals surface area (Å²) in [7, 11) is 0. The van der Waals surface area contributed by atoms with Crippen molar-refractivity contribution in [3.05, 3.63) is 186 Å². The smallest absolute Gasteiger partial charge is 0.252 e. The molecular weight excluding hydrogens is 902 g/mol. The molecule has 1 fully saturated rings. The number of hydrogen-bond donors (Lipinski definition) is 0. The Balaban J connectivity index is 1.21. The Labute approximate surface area is 438 Å². The van der Waals surface area contributed by atoms with E-state index in [9.17, 15) is 0 Å². The van der Waals surface area contributed by atoms with Gasteiger partial charge in [-0.05, 0) is 141 Å². The number of nitrogens with zero attached hydrogens (tertiary/aromatic N) is 3. The van der Waals surface area contributed by atoms with Crippen LogP contribution in [0.25, 0.3) is 31.3 Å². The largest absolute Gasteiger partial charge is 0.334 e. The molecule has 1 aromatic heterocycles. The summed E-state index contributed by atoms with van der Waals surface area (Å²) in [4.78, 5) is 8.23. The van der Waals surface area contributed by atoms with Crippen molar-refractivity contribution in [3.63, 3.8) is 0 Å². The van der Waals surface area contributed by atoms with Gasteiger partial charge in [0.25, 0.3) is 6.71 Å². The number of rotatable bonds is 4. The summed E-state index contributed by atoms with van der Waals surface area (Å²) in [6.45, 7) is 26.3. The molecule has 1 saturated carbocycles. The van der Waals surface area contributed by atoms with E-state index in [2.05, 4.69) is 255 Å². The van der Waals surface area contributed by atoms with Gasteiger partial charge < -0.3 is 14.7 Å². The Morgan fingerprint density at radius 1 is 0.466 bits per heavy atom. The van der Waals surface area contributed by atoms with E-state index in [4.69, 9.17) is 0 Å². The molecule has 0 radical (unpaired) electrons. The summed E-state index contributed by atoms with van der Waals surface area (Å²) in [5.41, 5.74) is 21.7. The van der Waals surface area contributed by atoms with Crippen molar-refractivity contribution in [2.75, 3.05) is 14.7 Å². The molecule has 0 amide bonds. The molecule has 0 N–H and O–H groups in total. The molecule has 2 unspecified atom stereocenters. The normalized spacial score (nSPS) is 19.2. The SMILES string of the molecule is CC(C)(C)c1ccc(N2c3cc(C(C)(C)C)ccc3B3c4ccc(C(C)(C)C)cc4N(c4cccc5sc6ccccc6c45)c4cc(N5c6ccccc6C6(C)CCCCC56C)cc2c43)c(-c2ccccc2)c1. The van der Waals surface area contributed by atoms with Crippen LogP contribution >= 0.6 is 11.3 Å². The first-order valence-electron chi connectivity index (χ1n) is 26.9. The van der Waals surface area contributed by atoms with Crippen LogP contribution in [0.2, 0.25) is 0 Å². The third kappa shape index (κ3) is 6.83. The maximum atomic E-state index is 2.81. The zero-order chi connectivity index (χ0) is 50.6. The van der Waals surface area contributed by atoms with Crippen LogP contribution in [0.5, 0.6) is 0 Å². The lowest BCUT2D eigenvalue weighted by atomic mass is 9.33. The summed E-state index contributed by atoms with van der Waals surface area (Å²) >= 11 is 1.91. The molecule has 5 heteroatoms. The molecule has 13 rings (SSSR count). The van der Waals surface area contributed by atoms with E-state index < -0.39 is 0 Å². The lowest BCUT2D eigenvalue weighted by Crippen LogP contribution is -2.61. The van der Waals surface area contributed by atoms with Gasteiger partial charge in [-0.1, -0.05) is 185 Å². The summed E-state index contributed by atoms with van der Waals surface area (Å²) in [5.74, 6) is 0. The van der Waals surface area contributed by atoms with E-state index in [1.165, 1.54) is 135 Å². The first kappa shape index (κ1) is 46.2. The van der Waals surface area contributed by atoms with Crippen LogP contribution in [0.1, 0.15) is 124 Å². The lowest BCUT2D eigenvalue weighted by Gasteiger charge is -2.51. The van der Waals surface area contributed by atoms with Gasteiger partial charge in [0.1, 0.15) is 0 Å². The Hall–Kier alpha value is -6.56. The van der Waals surface area contributed by atoms with Crippen molar-refractivity contribution in [3.8, 4) is 11.1 Å². The van der Waals surface area contributed by atoms with Gasteiger partial charge in [-0.25, -0.2) is 0 Å². The Morgan fingerprint density at radius 2 is 1.01 bits per heavy atom. The zero-order valence-corrected chi connectivity index (χ0v) is 45.6. The number of thiophene rings is 1. The third-order valence-corrected chi connectivity index (χ3v) is 19.0. The third-order valence-electron chi connectivity index (χ3n) is 17.9. The highest BCUT2D eigenvalue weighted by Crippen LogP contribution is 2.62. The fourth-order valence-electron chi connectivity index (χ4n) is 13.6. The van der Waals surface area contributed by atoms with E-state index in [-0.39, 0.29) is 33.9 Å². The van der Waals surface area contributed by atoms with E-state index in [1.807, 2.05) is 11.3 Å². The predicted molar refractivity (Wildman–Crippen MR) is 318 cm³/mol. The molecule has 0 saturated heterocycles. The van der Waals surface area contributed by atoms with Gasteiger partial charge in [0.15, 0.2) is 0 Å². The highest BCUT2D eigenvalue weighted by atomic mass is 32.1. The van der Waals surface area contributed by atoms with E-state index in [0.29, 0.717) is 0 Å². The van der Waals surface area contributed by atoms with Crippen LogP contribution < -0.4 is 31.1 Å². The Kier molecular flexibility index (Phi) is 10.1. The van der Waals surface area contributed by atoms with Gasteiger partial charge in [-0.2, -0.15) is 0 Å². The molecular formula is C68H68BN3S. The summed E-state index contributed by atoms with van der Waals surface area (Å²) < 4.78 is 2.63. The fourth-order valence-corrected chi connectivity index (χ4v) is 14.8. The maximum absolute atomic E-state index is 2.81. The van der Waals surface area contributed by atoms with Crippen LogP contribution in [0.15, 0.2) is 164 Å². The first-order valence-corrected chi connectivity index (χ1v) is 27.7. The number of anilines is 8. The number of para-hydroxylation sites is 1. The second kappa shape index (κ2) is 16.0. The molecule has 4 aliphatic rings. The molecule has 364 valence electrons. The minimum atomic E-state index is -0.143. The average Bonchev–Trinajstić information content (AvgIpc) is 3.85. The molecule has 4 heterocycles. The highest BCUT2D eigenvalue weighted by molar-refractivity contribution is 7.26. The van der Waals surface area contributed by atoms with E-state index in [1.54, 1.807) is 0 Å². The van der Waals surface area contributed by atoms with E-state index >= 15 is 0 Å². The molecule has 9 aromatic rings. The number of benzene rings is 8. The van der Waals surface area contributed by atoms with Crippen LogP contribution in [0, 0.1) is 0 Å². The highest BCUT2D eigenvalue weighted by Gasteiger charge is 2.58. The minimum absolute atomic E-state index is 0.0102. The molecule has 0 spiro atoms. The first-order chi connectivity index (χ1) is 34.8. The van der Waals surface area contributed by atoms with Crippen LogP contribution in [0.4, 0.5) is 45.5 Å². The molecule has 0 bridgehead atoms. The molecule has 3 aliphatic heterocycles. The van der Waals surface area contributed by atoms with Gasteiger partial charge >= 0.3 is 0 Å². The van der Waals surface area contributed by atoms with Crippen molar-refractivity contribution in [2.45, 2.75) is 129 Å². The predicted octanol–water partition coefficient (Wildman–Crippen LogP) is 17.4. The quantitative estimate of drug-likeness (QED) is 0.163. The fraction of sp³-hybridized carbons (Fsp3) is 0.294. The average molecular weight is 970 g/mol. The minimum Gasteiger partial charge on any atom is -0.334 e. The second-order valence-electron chi connectivity index (χ2n) is 25.3. The monoisotopic (exact) mass is 970 g/mol. The summed E-state index contributed by atoms with van der Waals surface area (Å²) in [6.07, 6.45) is 4.77. The Morgan fingerprint density at radius 3 is 1.68 bits per heavy atom. The van der Waals surface area contributed by atoms with Crippen molar-refractivity contribution < 1.29 is 0 Å². The van der Waals surface area contributed by atoms with Gasteiger partial charge in [-0.3, -0.25) is 0 Å². The summed E-state index contributed by atoms with van der Waals surface area (Å²) in [6, 6.07) is 64.2. The Bertz CT molecular complexity index is 3710. The zero-order valence-electron chi connectivity index (χ0n) is 44.7. The van der Waals surface area contributed by atoms with Crippen LogP contribution in [0.3, 0.4) is 0 Å². The van der Waals surface area contributed by atoms with Crippen LogP contribution in [-0.4, -0.2) is 12.3 Å². The molecule has 8 aromatic carbocycles. The summed E-state index contributed by atoms with van der Waals surface area (Å²) in [5, 5.41) is 2.63. The number of fused-ring (bicyclic) bond motifs is 10. The van der Waals surface area contributed by atoms with Crippen molar-refractivity contribution >= 4 is 100 Å². The van der Waals surface area contributed by atoms with Gasteiger partial charge in [-0.15, -0.1) is 11.3 Å². The topological polar surface area (TPSA) is 9.72 Å². The maximum Gasteiger partial charge on any atom is 0.252 e. The second-order valence-corrected chi connectivity index (χ2v) is 26.4. The molecule has 2 atom stereocenters. The molecule has 3 nitrogen and oxygen atoms in total. The van der Waals surface area contributed by atoms with Gasteiger partial charge in [0.2, 0.25) is 0 Å². The standard InChI is InChI=1S/C68H68BN3S/c1-64(2,3)44-32-35-53(49(38-44)43-22-13-12-14-23-43)70-56-39-45(65(4,5)6)30-33-51(56)69-52-34-31-46(66(7,8)9)40-57(52)71(55-27-21-29-61-62(55)48-24-15-18-28-60(48)73-61)59-42-47(41-58(70)63(59)69)72-54-26-17-16-25-50(54)67(10)36-19-20-37-68(67,72)11/h12-18,21-35,38-42H,19-20,36-37H2,1-11H3. The van der Waals surface area contributed by atoms with Crippen LogP contribution in [-0.2, 0) is 21.7 Å². The van der Waals surface area contributed by atoms with Crippen molar-refractivity contribution in [1.82, 2.24) is 0 Å². The molecule has 73 heavy (non-hydrogen) atoms. The van der Waals surface area contributed by atoms with Gasteiger partial charge in [0.05, 0.1) is 16.9 Å². The lowest BCUT2D eigenvalue weighted by molar-refractivity contribution is 0.195. The van der Waals surface area contributed by atoms with Crippen molar-refractivity contribution in [2.24, 2.45) is 0 Å². The van der Waals surface area contributed by atoms with Gasteiger partial charge in [0, 0.05) is 65.3 Å². The molecule has 1 aliphatic carbocycles. The van der Waals surface area contributed by atoms with E-state index in [0.717, 1.165) is 6.42 Å². The van der Waals surface area contributed by atoms with Crippen molar-refractivity contribution in [1.29, 1.82) is 0 Å². The number of hydrogen-bond acceptors (Lipinski definition) is 4.